The third-order valence-electron chi connectivity index (χ3n) is 4.83. The molecule has 4 nitrogen and oxygen atoms in total. The van der Waals surface area contributed by atoms with Crippen LogP contribution in [-0.2, 0) is 0 Å². The fourth-order valence-electron chi connectivity index (χ4n) is 3.15. The molecule has 3 heterocycles. The molecule has 1 atom stereocenters. The lowest BCUT2D eigenvalue weighted by molar-refractivity contribution is -0.856. The topological polar surface area (TPSA) is 29.3 Å². The highest BCUT2D eigenvalue weighted by atomic mass is 16.3. The highest BCUT2D eigenvalue weighted by Gasteiger charge is 2.35. The smallest absolute Gasteiger partial charge is 0.227 e. The zero-order chi connectivity index (χ0) is 15.5. The first kappa shape index (κ1) is 13.3. The van der Waals surface area contributed by atoms with Gasteiger partial charge < -0.3 is 4.42 Å². The molecule has 0 bridgehead atoms. The minimum Gasteiger partial charge on any atom is -0.435 e. The van der Waals surface area contributed by atoms with Crippen molar-refractivity contribution in [1.29, 1.82) is 0 Å². The maximum atomic E-state index is 6.10. The van der Waals surface area contributed by atoms with Crippen LogP contribution in [0.25, 0.3) is 22.1 Å². The molecule has 0 N–H and O–H groups in total. The number of benzene rings is 1. The van der Waals surface area contributed by atoms with Gasteiger partial charge in [-0.05, 0) is 24.6 Å². The number of anilines is 1. The third kappa shape index (κ3) is 1.70. The molecule has 22 heavy (non-hydrogen) atoms. The largest absolute Gasteiger partial charge is 0.435 e. The van der Waals surface area contributed by atoms with E-state index in [2.05, 4.69) is 68.4 Å². The van der Waals surface area contributed by atoms with Gasteiger partial charge in [-0.2, -0.15) is 0 Å². The van der Waals surface area contributed by atoms with Gasteiger partial charge in [0.2, 0.25) is 5.71 Å². The Morgan fingerprint density at radius 1 is 1.18 bits per heavy atom. The van der Waals surface area contributed by atoms with E-state index in [0.717, 1.165) is 26.5 Å². The van der Waals surface area contributed by atoms with Crippen molar-refractivity contribution in [3.8, 4) is 0 Å². The zero-order valence-electron chi connectivity index (χ0n) is 13.4. The van der Waals surface area contributed by atoms with E-state index in [-0.39, 0.29) is 0 Å². The number of quaternary nitrogens is 1. The third-order valence-corrected chi connectivity index (χ3v) is 4.83. The molecule has 4 rings (SSSR count). The number of rotatable bonds is 1. The van der Waals surface area contributed by atoms with Crippen LogP contribution in [0.4, 0.5) is 5.69 Å². The minimum atomic E-state index is 0.325. The van der Waals surface area contributed by atoms with Crippen molar-refractivity contribution in [2.75, 3.05) is 19.0 Å². The summed E-state index contributed by atoms with van der Waals surface area (Å²) in [4.78, 5) is 6.66. The van der Waals surface area contributed by atoms with E-state index in [1.54, 1.807) is 6.20 Å². The molecule has 0 saturated heterocycles. The van der Waals surface area contributed by atoms with E-state index in [1.165, 1.54) is 5.56 Å². The Balaban J connectivity index is 2.01. The van der Waals surface area contributed by atoms with Crippen LogP contribution in [0.1, 0.15) is 12.5 Å². The molecule has 1 unspecified atom stereocenters. The van der Waals surface area contributed by atoms with Crippen molar-refractivity contribution in [1.82, 2.24) is 4.98 Å². The monoisotopic (exact) mass is 294 g/mol. The average molecular weight is 294 g/mol. The van der Waals surface area contributed by atoms with E-state index in [9.17, 15) is 0 Å². The summed E-state index contributed by atoms with van der Waals surface area (Å²) in [6.45, 7) is 4.37. The van der Waals surface area contributed by atoms with Gasteiger partial charge in [-0.25, -0.2) is 4.98 Å². The maximum Gasteiger partial charge on any atom is 0.227 e. The molecule has 0 saturated carbocycles. The maximum absolute atomic E-state index is 6.10. The van der Waals surface area contributed by atoms with Gasteiger partial charge in [0.15, 0.2) is 11.7 Å². The summed E-state index contributed by atoms with van der Waals surface area (Å²) in [6, 6.07) is 8.32. The predicted octanol–water partition coefficient (Wildman–Crippen LogP) is 4.00. The van der Waals surface area contributed by atoms with E-state index in [1.807, 2.05) is 6.07 Å². The lowest BCUT2D eigenvalue weighted by atomic mass is 10.1. The van der Waals surface area contributed by atoms with Crippen molar-refractivity contribution < 1.29 is 8.90 Å². The molecular formula is C18H20N3O+. The summed E-state index contributed by atoms with van der Waals surface area (Å²) in [5, 5.41) is 2.20. The molecule has 0 radical (unpaired) electrons. The van der Waals surface area contributed by atoms with Crippen LogP contribution in [-0.4, -0.2) is 29.7 Å². The van der Waals surface area contributed by atoms with Crippen molar-refractivity contribution in [2.24, 2.45) is 0 Å². The molecule has 4 heteroatoms. The van der Waals surface area contributed by atoms with E-state index in [4.69, 9.17) is 4.42 Å². The highest BCUT2D eigenvalue weighted by Crippen LogP contribution is 2.39. The lowest BCUT2D eigenvalue weighted by Gasteiger charge is -2.32. The van der Waals surface area contributed by atoms with Crippen LogP contribution in [0, 0.1) is 6.92 Å². The Hall–Kier alpha value is -2.33. The fourth-order valence-corrected chi connectivity index (χ4v) is 3.15. The SMILES string of the molecule is Cc1ccc2c(oc3ncccc32)c1N1C=C[N+](C)(C)C1C. The Morgan fingerprint density at radius 2 is 2.00 bits per heavy atom. The molecule has 112 valence electrons. The van der Waals surface area contributed by atoms with E-state index >= 15 is 0 Å². The first-order valence-corrected chi connectivity index (χ1v) is 7.57. The Bertz CT molecular complexity index is 907. The van der Waals surface area contributed by atoms with Gasteiger partial charge >= 0.3 is 0 Å². The number of pyridine rings is 1. The molecule has 0 amide bonds. The number of furan rings is 1. The van der Waals surface area contributed by atoms with Gasteiger partial charge in [-0.15, -0.1) is 0 Å². The highest BCUT2D eigenvalue weighted by molar-refractivity contribution is 6.08. The average Bonchev–Trinajstić information content (AvgIpc) is 2.98. The van der Waals surface area contributed by atoms with Crippen LogP contribution in [0.3, 0.4) is 0 Å². The van der Waals surface area contributed by atoms with Gasteiger partial charge in [0, 0.05) is 23.9 Å². The Labute approximate surface area is 129 Å². The second-order valence-corrected chi connectivity index (χ2v) is 6.53. The Kier molecular flexibility index (Phi) is 2.63. The van der Waals surface area contributed by atoms with Crippen molar-refractivity contribution in [3.63, 3.8) is 0 Å². The standard InChI is InChI=1S/C18H20N3O/c1-12-7-8-14-15-6-5-9-19-18(15)22-17(14)16(12)20-10-11-21(3,4)13(20)2/h5-11,13H,1-4H3/q+1. The minimum absolute atomic E-state index is 0.325. The molecule has 1 aliphatic heterocycles. The summed E-state index contributed by atoms with van der Waals surface area (Å²) in [5.41, 5.74) is 3.98. The number of hydrogen-bond acceptors (Lipinski definition) is 3. The summed E-state index contributed by atoms with van der Waals surface area (Å²) < 4.78 is 6.93. The van der Waals surface area contributed by atoms with Crippen LogP contribution < -0.4 is 4.90 Å². The molecular weight excluding hydrogens is 274 g/mol. The van der Waals surface area contributed by atoms with E-state index < -0.39 is 0 Å². The van der Waals surface area contributed by atoms with Gasteiger partial charge in [-0.1, -0.05) is 12.1 Å². The summed E-state index contributed by atoms with van der Waals surface area (Å²) in [5.74, 6) is 0. The fraction of sp³-hybridized carbons (Fsp3) is 0.278. The van der Waals surface area contributed by atoms with Crippen LogP contribution in [0.15, 0.2) is 47.3 Å². The number of hydrogen-bond donors (Lipinski definition) is 0. The first-order chi connectivity index (χ1) is 10.5. The number of fused-ring (bicyclic) bond motifs is 3. The summed E-state index contributed by atoms with van der Waals surface area (Å²) in [6.07, 6.45) is 6.47. The first-order valence-electron chi connectivity index (χ1n) is 7.57. The second kappa shape index (κ2) is 4.34. The van der Waals surface area contributed by atoms with Crippen LogP contribution in [0.2, 0.25) is 0 Å². The van der Waals surface area contributed by atoms with Crippen molar-refractivity contribution in [3.05, 3.63) is 48.4 Å². The predicted molar refractivity (Wildman–Crippen MR) is 89.4 cm³/mol. The van der Waals surface area contributed by atoms with Crippen molar-refractivity contribution in [2.45, 2.75) is 20.0 Å². The molecule has 3 aromatic rings. The van der Waals surface area contributed by atoms with Crippen LogP contribution >= 0.6 is 0 Å². The Morgan fingerprint density at radius 3 is 2.73 bits per heavy atom. The van der Waals surface area contributed by atoms with Gasteiger partial charge in [0.1, 0.15) is 6.20 Å². The quantitative estimate of drug-likeness (QED) is 0.635. The summed E-state index contributed by atoms with van der Waals surface area (Å²) in [7, 11) is 4.41. The van der Waals surface area contributed by atoms with E-state index in [0.29, 0.717) is 11.9 Å². The molecule has 2 aromatic heterocycles. The number of aromatic nitrogens is 1. The molecule has 0 spiro atoms. The molecule has 1 aromatic carbocycles. The number of aryl methyl sites for hydroxylation is 1. The van der Waals surface area contributed by atoms with Gasteiger partial charge in [0.25, 0.3) is 0 Å². The zero-order valence-corrected chi connectivity index (χ0v) is 13.4. The van der Waals surface area contributed by atoms with Crippen molar-refractivity contribution >= 4 is 27.8 Å². The summed E-state index contributed by atoms with van der Waals surface area (Å²) >= 11 is 0. The lowest BCUT2D eigenvalue weighted by Crippen LogP contribution is -2.46. The molecule has 1 aliphatic rings. The van der Waals surface area contributed by atoms with Crippen LogP contribution in [0.5, 0.6) is 0 Å². The second-order valence-electron chi connectivity index (χ2n) is 6.53. The number of nitrogens with zero attached hydrogens (tertiary/aromatic N) is 3. The molecule has 0 fully saturated rings. The molecule has 0 aliphatic carbocycles. The van der Waals surface area contributed by atoms with Gasteiger partial charge in [0.05, 0.1) is 26.0 Å². The normalized spacial score (nSPS) is 20.4. The van der Waals surface area contributed by atoms with Gasteiger partial charge in [-0.3, -0.25) is 9.38 Å².